The van der Waals surface area contributed by atoms with Gasteiger partial charge in [0, 0.05) is 5.56 Å². The lowest BCUT2D eigenvalue weighted by Crippen LogP contribution is -2.29. The predicted octanol–water partition coefficient (Wildman–Crippen LogP) is 3.15. The highest BCUT2D eigenvalue weighted by atomic mass is 32.2. The van der Waals surface area contributed by atoms with Crippen LogP contribution >= 0.6 is 0 Å². The molecule has 1 fully saturated rings. The Morgan fingerprint density at radius 3 is 2.52 bits per heavy atom. The molecule has 3 rings (SSSR count). The summed E-state index contributed by atoms with van der Waals surface area (Å²) in [5.74, 6) is -2.01. The van der Waals surface area contributed by atoms with E-state index in [0.717, 1.165) is 0 Å². The second-order valence-corrected chi connectivity index (χ2v) is 8.22. The van der Waals surface area contributed by atoms with Crippen molar-refractivity contribution >= 4 is 16.1 Å². The number of hydrogen-bond donors (Lipinski definition) is 1. The van der Waals surface area contributed by atoms with E-state index in [-0.39, 0.29) is 42.0 Å². The molecular formula is C19H15F3N2O6S. The van der Waals surface area contributed by atoms with Crippen molar-refractivity contribution in [3.63, 3.8) is 0 Å². The lowest BCUT2D eigenvalue weighted by molar-refractivity contribution is -0.146. The number of alkyl halides is 3. The SMILES string of the molecule is CCOC(=O)C1(c2cc(-c3cccc(O)c3)c(C#N)c(OS(=O)(=O)C(F)(F)F)n2)CC1. The predicted molar refractivity (Wildman–Crippen MR) is 99.2 cm³/mol. The molecule has 1 aliphatic carbocycles. The minimum absolute atomic E-state index is 0.0437. The number of phenolic OH excluding ortho intramolecular Hbond substituents is 1. The molecule has 0 aliphatic heterocycles. The normalized spacial score (nSPS) is 15.1. The van der Waals surface area contributed by atoms with Gasteiger partial charge in [-0.05, 0) is 43.5 Å². The van der Waals surface area contributed by atoms with Crippen LogP contribution in [-0.2, 0) is 25.1 Å². The molecule has 0 spiro atoms. The first kappa shape index (κ1) is 22.4. The van der Waals surface area contributed by atoms with Crippen LogP contribution in [0.5, 0.6) is 11.6 Å². The van der Waals surface area contributed by atoms with Gasteiger partial charge in [-0.3, -0.25) is 4.79 Å². The fourth-order valence-electron chi connectivity index (χ4n) is 2.95. The first-order valence-electron chi connectivity index (χ1n) is 8.88. The Morgan fingerprint density at radius 2 is 2.00 bits per heavy atom. The van der Waals surface area contributed by atoms with E-state index in [1.54, 1.807) is 13.0 Å². The van der Waals surface area contributed by atoms with Crippen molar-refractivity contribution in [2.45, 2.75) is 30.7 Å². The number of nitriles is 1. The van der Waals surface area contributed by atoms with Crippen LogP contribution < -0.4 is 4.18 Å². The average Bonchev–Trinajstić information content (AvgIpc) is 3.48. The third kappa shape index (κ3) is 4.13. The van der Waals surface area contributed by atoms with Crippen LogP contribution in [0.4, 0.5) is 13.2 Å². The van der Waals surface area contributed by atoms with E-state index in [1.807, 2.05) is 0 Å². The van der Waals surface area contributed by atoms with Crippen molar-refractivity contribution in [2.24, 2.45) is 0 Å². The van der Waals surface area contributed by atoms with Crippen LogP contribution in [0.15, 0.2) is 30.3 Å². The maximum atomic E-state index is 12.9. The monoisotopic (exact) mass is 456 g/mol. The molecule has 164 valence electrons. The van der Waals surface area contributed by atoms with Gasteiger partial charge in [0.05, 0.1) is 12.3 Å². The minimum Gasteiger partial charge on any atom is -0.508 e. The van der Waals surface area contributed by atoms with Crippen LogP contribution in [-0.4, -0.2) is 36.6 Å². The highest BCUT2D eigenvalue weighted by molar-refractivity contribution is 7.87. The van der Waals surface area contributed by atoms with Gasteiger partial charge in [0.1, 0.15) is 22.8 Å². The largest absolute Gasteiger partial charge is 0.534 e. The molecular weight excluding hydrogens is 441 g/mol. The topological polar surface area (TPSA) is 127 Å². The lowest BCUT2D eigenvalue weighted by atomic mass is 9.95. The summed E-state index contributed by atoms with van der Waals surface area (Å²) in [6.45, 7) is 1.62. The Hall–Kier alpha value is -3.33. The first-order chi connectivity index (χ1) is 14.4. The molecule has 8 nitrogen and oxygen atoms in total. The van der Waals surface area contributed by atoms with E-state index >= 15 is 0 Å². The number of esters is 1. The van der Waals surface area contributed by atoms with Gasteiger partial charge < -0.3 is 14.0 Å². The number of carbonyl (C=O) groups is 1. The van der Waals surface area contributed by atoms with Gasteiger partial charge in [-0.2, -0.15) is 26.9 Å². The van der Waals surface area contributed by atoms with Crippen molar-refractivity contribution < 1.29 is 40.4 Å². The summed E-state index contributed by atoms with van der Waals surface area (Å²) in [7, 11) is -6.14. The molecule has 1 aromatic heterocycles. The zero-order valence-corrected chi connectivity index (χ0v) is 16.7. The fraction of sp³-hybridized carbons (Fsp3) is 0.316. The molecule has 0 bridgehead atoms. The molecule has 0 atom stereocenters. The van der Waals surface area contributed by atoms with E-state index in [1.165, 1.54) is 30.3 Å². The van der Waals surface area contributed by atoms with Crippen LogP contribution in [0.3, 0.4) is 0 Å². The number of halogens is 3. The minimum atomic E-state index is -6.14. The van der Waals surface area contributed by atoms with Gasteiger partial charge in [-0.25, -0.2) is 4.98 Å². The first-order valence-corrected chi connectivity index (χ1v) is 10.3. The Labute approximate surface area is 175 Å². The van der Waals surface area contributed by atoms with Crippen LogP contribution in [0.1, 0.15) is 31.0 Å². The molecule has 1 heterocycles. The number of rotatable bonds is 6. The Morgan fingerprint density at radius 1 is 1.32 bits per heavy atom. The van der Waals surface area contributed by atoms with Gasteiger partial charge >= 0.3 is 21.6 Å². The number of pyridine rings is 1. The van der Waals surface area contributed by atoms with E-state index in [2.05, 4.69) is 9.17 Å². The van der Waals surface area contributed by atoms with Crippen molar-refractivity contribution in [2.75, 3.05) is 6.61 Å². The molecule has 0 amide bonds. The smallest absolute Gasteiger partial charge is 0.508 e. The van der Waals surface area contributed by atoms with Crippen LogP contribution in [0.25, 0.3) is 11.1 Å². The zero-order chi connectivity index (χ0) is 23.0. The number of hydrogen-bond acceptors (Lipinski definition) is 8. The van der Waals surface area contributed by atoms with Crippen LogP contribution in [0.2, 0.25) is 0 Å². The third-order valence-electron chi connectivity index (χ3n) is 4.63. The molecule has 2 aromatic rings. The van der Waals surface area contributed by atoms with E-state index < -0.39 is 38.5 Å². The highest BCUT2D eigenvalue weighted by Gasteiger charge is 2.55. The van der Waals surface area contributed by atoms with Gasteiger partial charge in [-0.1, -0.05) is 12.1 Å². The summed E-state index contributed by atoms with van der Waals surface area (Å²) in [5, 5.41) is 19.3. The maximum Gasteiger partial charge on any atom is 0.534 e. The van der Waals surface area contributed by atoms with Gasteiger partial charge in [0.25, 0.3) is 5.88 Å². The second-order valence-electron chi connectivity index (χ2n) is 6.68. The molecule has 0 saturated heterocycles. The van der Waals surface area contributed by atoms with Crippen molar-refractivity contribution in [3.05, 3.63) is 41.6 Å². The molecule has 0 radical (unpaired) electrons. The standard InChI is InChI=1S/C19H15F3N2O6S/c1-2-29-17(26)18(6-7-18)15-9-13(11-4-3-5-12(25)8-11)14(10-23)16(24-15)30-31(27,28)19(20,21)22/h3-5,8-9,25H,2,6-7H2,1H3. The number of carbonyl (C=O) groups excluding carboxylic acids is 1. The molecule has 31 heavy (non-hydrogen) atoms. The number of phenols is 1. The summed E-state index contributed by atoms with van der Waals surface area (Å²) in [6.07, 6.45) is 0.519. The summed E-state index contributed by atoms with van der Waals surface area (Å²) in [6, 6.07) is 8.26. The maximum absolute atomic E-state index is 12.9. The fourth-order valence-corrected chi connectivity index (χ4v) is 3.37. The van der Waals surface area contributed by atoms with E-state index in [4.69, 9.17) is 4.74 Å². The molecule has 1 saturated carbocycles. The quantitative estimate of drug-likeness (QED) is 0.399. The van der Waals surface area contributed by atoms with Crippen LogP contribution in [0, 0.1) is 11.3 Å². The average molecular weight is 456 g/mol. The van der Waals surface area contributed by atoms with Crippen molar-refractivity contribution in [1.82, 2.24) is 4.98 Å². The lowest BCUT2D eigenvalue weighted by Gasteiger charge is -2.18. The van der Waals surface area contributed by atoms with E-state index in [9.17, 15) is 36.8 Å². The molecule has 1 aliphatic rings. The molecule has 12 heteroatoms. The summed E-state index contributed by atoms with van der Waals surface area (Å²) >= 11 is 0. The number of ether oxygens (including phenoxy) is 1. The second kappa shape index (κ2) is 7.73. The van der Waals surface area contributed by atoms with E-state index in [0.29, 0.717) is 0 Å². The highest BCUT2D eigenvalue weighted by Crippen LogP contribution is 2.50. The summed E-state index contributed by atoms with van der Waals surface area (Å²) < 4.78 is 71.0. The van der Waals surface area contributed by atoms with Crippen molar-refractivity contribution in [3.8, 4) is 28.8 Å². The summed E-state index contributed by atoms with van der Waals surface area (Å²) in [4.78, 5) is 16.2. The van der Waals surface area contributed by atoms with Gasteiger partial charge in [-0.15, -0.1) is 0 Å². The Balaban J connectivity index is 2.26. The summed E-state index contributed by atoms with van der Waals surface area (Å²) in [5.41, 5.74) is -7.66. The number of aromatic nitrogens is 1. The number of benzene rings is 1. The zero-order valence-electron chi connectivity index (χ0n) is 15.9. The van der Waals surface area contributed by atoms with Crippen molar-refractivity contribution in [1.29, 1.82) is 5.26 Å². The molecule has 0 unspecified atom stereocenters. The van der Waals surface area contributed by atoms with Gasteiger partial charge in [0.2, 0.25) is 0 Å². The Bertz CT molecular complexity index is 1180. The number of nitrogens with zero attached hydrogens (tertiary/aromatic N) is 2. The van der Waals surface area contributed by atoms with Gasteiger partial charge in [0.15, 0.2) is 0 Å². The Kier molecular flexibility index (Phi) is 5.58. The third-order valence-corrected chi connectivity index (χ3v) is 5.58. The molecule has 1 aromatic carbocycles. The molecule has 1 N–H and O–H groups in total. The number of aromatic hydroxyl groups is 1.